The number of hydrogen-bond acceptors (Lipinski definition) is 2. The summed E-state index contributed by atoms with van der Waals surface area (Å²) >= 11 is 0. The fraction of sp³-hybridized carbons (Fsp3) is 0.154. The molecule has 0 atom stereocenters. The van der Waals surface area contributed by atoms with E-state index in [1.165, 1.54) is 5.56 Å². The molecule has 0 spiro atoms. The molecule has 1 aromatic heterocycles. The standard InChI is InChI=1S/C13H14N2/c1-10-6-7-13(15-9-10)11-4-3-5-12(8-11)14-2/h3-9,14H,1-2H3. The van der Waals surface area contributed by atoms with Crippen LogP contribution in [0.1, 0.15) is 5.56 Å². The minimum absolute atomic E-state index is 1.01. The van der Waals surface area contributed by atoms with Gasteiger partial charge in [-0.2, -0.15) is 0 Å². The van der Waals surface area contributed by atoms with Gasteiger partial charge in [0, 0.05) is 24.5 Å². The number of aryl methyl sites for hydroxylation is 1. The topological polar surface area (TPSA) is 24.9 Å². The van der Waals surface area contributed by atoms with Gasteiger partial charge in [0.1, 0.15) is 0 Å². The first-order valence-corrected chi connectivity index (χ1v) is 5.00. The molecule has 0 saturated carbocycles. The first-order chi connectivity index (χ1) is 7.29. The Morgan fingerprint density at radius 3 is 2.67 bits per heavy atom. The van der Waals surface area contributed by atoms with Crippen LogP contribution in [0.2, 0.25) is 0 Å². The van der Waals surface area contributed by atoms with Crippen LogP contribution >= 0.6 is 0 Å². The van der Waals surface area contributed by atoms with Crippen LogP contribution in [0.3, 0.4) is 0 Å². The fourth-order valence-corrected chi connectivity index (χ4v) is 1.47. The Labute approximate surface area is 90.0 Å². The van der Waals surface area contributed by atoms with E-state index in [-0.39, 0.29) is 0 Å². The van der Waals surface area contributed by atoms with Crippen LogP contribution < -0.4 is 5.32 Å². The van der Waals surface area contributed by atoms with E-state index in [1.807, 2.05) is 38.4 Å². The van der Waals surface area contributed by atoms with E-state index in [9.17, 15) is 0 Å². The molecule has 2 heteroatoms. The normalized spacial score (nSPS) is 10.0. The molecular weight excluding hydrogens is 184 g/mol. The zero-order chi connectivity index (χ0) is 10.7. The molecule has 0 amide bonds. The number of benzene rings is 1. The minimum Gasteiger partial charge on any atom is -0.388 e. The van der Waals surface area contributed by atoms with Crippen molar-refractivity contribution in [3.63, 3.8) is 0 Å². The van der Waals surface area contributed by atoms with E-state index in [0.29, 0.717) is 0 Å². The van der Waals surface area contributed by atoms with Crippen LogP contribution in [0.5, 0.6) is 0 Å². The molecule has 0 fully saturated rings. The molecule has 0 aliphatic carbocycles. The van der Waals surface area contributed by atoms with Crippen molar-refractivity contribution in [1.82, 2.24) is 4.98 Å². The lowest BCUT2D eigenvalue weighted by Gasteiger charge is -2.04. The highest BCUT2D eigenvalue weighted by Gasteiger charge is 1.98. The third-order valence-electron chi connectivity index (χ3n) is 2.36. The van der Waals surface area contributed by atoms with Gasteiger partial charge < -0.3 is 5.32 Å². The van der Waals surface area contributed by atoms with Crippen molar-refractivity contribution in [3.05, 3.63) is 48.2 Å². The molecule has 1 N–H and O–H groups in total. The lowest BCUT2D eigenvalue weighted by atomic mass is 10.1. The van der Waals surface area contributed by atoms with E-state index >= 15 is 0 Å². The highest BCUT2D eigenvalue weighted by atomic mass is 14.8. The summed E-state index contributed by atoms with van der Waals surface area (Å²) in [6, 6.07) is 12.4. The molecule has 0 radical (unpaired) electrons. The van der Waals surface area contributed by atoms with Crippen molar-refractivity contribution in [2.24, 2.45) is 0 Å². The molecule has 1 aromatic carbocycles. The summed E-state index contributed by atoms with van der Waals surface area (Å²) < 4.78 is 0. The van der Waals surface area contributed by atoms with Crippen LogP contribution in [-0.4, -0.2) is 12.0 Å². The van der Waals surface area contributed by atoms with Gasteiger partial charge in [-0.05, 0) is 30.7 Å². The third kappa shape index (κ3) is 2.15. The van der Waals surface area contributed by atoms with Crippen LogP contribution in [-0.2, 0) is 0 Å². The second-order valence-corrected chi connectivity index (χ2v) is 3.55. The summed E-state index contributed by atoms with van der Waals surface area (Å²) in [6.45, 7) is 2.04. The summed E-state index contributed by atoms with van der Waals surface area (Å²) in [6.07, 6.45) is 1.89. The maximum Gasteiger partial charge on any atom is 0.0702 e. The summed E-state index contributed by atoms with van der Waals surface area (Å²) in [5, 5.41) is 3.12. The van der Waals surface area contributed by atoms with Crippen molar-refractivity contribution in [3.8, 4) is 11.3 Å². The van der Waals surface area contributed by atoms with Crippen molar-refractivity contribution in [2.45, 2.75) is 6.92 Å². The first-order valence-electron chi connectivity index (χ1n) is 5.00. The molecule has 0 bridgehead atoms. The Morgan fingerprint density at radius 1 is 1.13 bits per heavy atom. The molecule has 1 heterocycles. The highest BCUT2D eigenvalue weighted by molar-refractivity contribution is 5.64. The molecule has 0 unspecified atom stereocenters. The number of nitrogens with one attached hydrogen (secondary N) is 1. The number of aromatic nitrogens is 1. The van der Waals surface area contributed by atoms with E-state index < -0.39 is 0 Å². The van der Waals surface area contributed by atoms with Crippen LogP contribution in [0, 0.1) is 6.92 Å². The number of rotatable bonds is 2. The Kier molecular flexibility index (Phi) is 2.68. The number of pyridine rings is 1. The lowest BCUT2D eigenvalue weighted by Crippen LogP contribution is -1.89. The first kappa shape index (κ1) is 9.71. The molecule has 76 valence electrons. The minimum atomic E-state index is 1.01. The molecule has 0 saturated heterocycles. The van der Waals surface area contributed by atoms with Gasteiger partial charge in [-0.15, -0.1) is 0 Å². The number of anilines is 1. The van der Waals surface area contributed by atoms with Crippen molar-refractivity contribution in [1.29, 1.82) is 0 Å². The van der Waals surface area contributed by atoms with Gasteiger partial charge in [-0.3, -0.25) is 4.98 Å². The average molecular weight is 198 g/mol. The Bertz CT molecular complexity index is 446. The van der Waals surface area contributed by atoms with E-state index in [2.05, 4.69) is 28.5 Å². The van der Waals surface area contributed by atoms with Crippen LogP contribution in [0.25, 0.3) is 11.3 Å². The molecule has 2 nitrogen and oxygen atoms in total. The number of nitrogens with zero attached hydrogens (tertiary/aromatic N) is 1. The lowest BCUT2D eigenvalue weighted by molar-refractivity contribution is 1.27. The smallest absolute Gasteiger partial charge is 0.0702 e. The summed E-state index contributed by atoms with van der Waals surface area (Å²) in [5.74, 6) is 0. The van der Waals surface area contributed by atoms with Gasteiger partial charge in [-0.25, -0.2) is 0 Å². The largest absolute Gasteiger partial charge is 0.388 e. The SMILES string of the molecule is CNc1cccc(-c2ccc(C)cn2)c1. The highest BCUT2D eigenvalue weighted by Crippen LogP contribution is 2.20. The van der Waals surface area contributed by atoms with Crippen molar-refractivity contribution >= 4 is 5.69 Å². The predicted octanol–water partition coefficient (Wildman–Crippen LogP) is 3.10. The number of hydrogen-bond donors (Lipinski definition) is 1. The van der Waals surface area contributed by atoms with Gasteiger partial charge in [0.2, 0.25) is 0 Å². The Morgan fingerprint density at radius 2 is 2.00 bits per heavy atom. The molecule has 15 heavy (non-hydrogen) atoms. The van der Waals surface area contributed by atoms with Gasteiger partial charge >= 0.3 is 0 Å². The second-order valence-electron chi connectivity index (χ2n) is 3.55. The molecule has 0 aliphatic heterocycles. The molecular formula is C13H14N2. The monoisotopic (exact) mass is 198 g/mol. The van der Waals surface area contributed by atoms with Gasteiger partial charge in [-0.1, -0.05) is 18.2 Å². The van der Waals surface area contributed by atoms with E-state index in [4.69, 9.17) is 0 Å². The summed E-state index contributed by atoms with van der Waals surface area (Å²) in [7, 11) is 1.92. The quantitative estimate of drug-likeness (QED) is 0.802. The Balaban J connectivity index is 2.40. The van der Waals surface area contributed by atoms with Gasteiger partial charge in [0.05, 0.1) is 5.69 Å². The molecule has 2 aromatic rings. The summed E-state index contributed by atoms with van der Waals surface area (Å²) in [4.78, 5) is 4.40. The van der Waals surface area contributed by atoms with Crippen molar-refractivity contribution < 1.29 is 0 Å². The second kappa shape index (κ2) is 4.13. The van der Waals surface area contributed by atoms with E-state index in [0.717, 1.165) is 16.9 Å². The maximum absolute atomic E-state index is 4.40. The van der Waals surface area contributed by atoms with Gasteiger partial charge in [0.25, 0.3) is 0 Å². The van der Waals surface area contributed by atoms with Crippen LogP contribution in [0.4, 0.5) is 5.69 Å². The van der Waals surface area contributed by atoms with E-state index in [1.54, 1.807) is 0 Å². The zero-order valence-electron chi connectivity index (χ0n) is 8.99. The zero-order valence-corrected chi connectivity index (χ0v) is 8.99. The summed E-state index contributed by atoms with van der Waals surface area (Å²) in [5.41, 5.74) is 4.44. The third-order valence-corrected chi connectivity index (χ3v) is 2.36. The fourth-order valence-electron chi connectivity index (χ4n) is 1.47. The van der Waals surface area contributed by atoms with Gasteiger partial charge in [0.15, 0.2) is 0 Å². The molecule has 2 rings (SSSR count). The van der Waals surface area contributed by atoms with Crippen molar-refractivity contribution in [2.75, 3.05) is 12.4 Å². The molecule has 0 aliphatic rings. The van der Waals surface area contributed by atoms with Crippen LogP contribution in [0.15, 0.2) is 42.6 Å². The average Bonchev–Trinajstić information content (AvgIpc) is 2.30. The maximum atomic E-state index is 4.40. The predicted molar refractivity (Wildman–Crippen MR) is 64.0 cm³/mol. The Hall–Kier alpha value is -1.83.